The molecular weight excluding hydrogens is 246 g/mol. The molecule has 0 fully saturated rings. The van der Waals surface area contributed by atoms with Gasteiger partial charge < -0.3 is 4.90 Å². The zero-order valence-corrected chi connectivity index (χ0v) is 11.8. The number of nitrogens with zero attached hydrogens (tertiary/aromatic N) is 1. The minimum Gasteiger partial charge on any atom is -0.331 e. The van der Waals surface area contributed by atoms with Crippen LogP contribution in [0.2, 0.25) is 0 Å². The number of hydrogen-bond donors (Lipinski definition) is 0. The van der Waals surface area contributed by atoms with Crippen molar-refractivity contribution in [2.75, 3.05) is 0 Å². The number of amides is 1. The second-order valence-electron chi connectivity index (χ2n) is 5.02. The molecule has 0 N–H and O–H groups in total. The number of benzene rings is 1. The smallest absolute Gasteiger partial charge is 0.227 e. The molecule has 1 aromatic carbocycles. The number of carbonyl (C=O) groups is 1. The van der Waals surface area contributed by atoms with Crippen LogP contribution in [0.1, 0.15) is 24.8 Å². The zero-order valence-electron chi connectivity index (χ0n) is 11.8. The molecule has 20 heavy (non-hydrogen) atoms. The van der Waals surface area contributed by atoms with E-state index in [4.69, 9.17) is 0 Å². The summed E-state index contributed by atoms with van der Waals surface area (Å²) in [5.74, 6) is 0.188. The van der Waals surface area contributed by atoms with Crippen molar-refractivity contribution in [3.05, 3.63) is 72.9 Å². The fourth-order valence-electron chi connectivity index (χ4n) is 2.65. The molecule has 0 bridgehead atoms. The van der Waals surface area contributed by atoms with Crippen LogP contribution in [-0.2, 0) is 11.3 Å². The van der Waals surface area contributed by atoms with E-state index in [0.29, 0.717) is 13.0 Å². The Labute approximate surface area is 121 Å². The van der Waals surface area contributed by atoms with E-state index in [-0.39, 0.29) is 11.9 Å². The molecule has 0 aliphatic carbocycles. The van der Waals surface area contributed by atoms with E-state index in [1.165, 1.54) is 5.57 Å². The van der Waals surface area contributed by atoms with Gasteiger partial charge in [-0.1, -0.05) is 48.6 Å². The molecule has 1 aromatic rings. The summed E-state index contributed by atoms with van der Waals surface area (Å²) in [5, 5.41) is 0. The monoisotopic (exact) mass is 267 g/mol. The number of carbonyl (C=O) groups excluding carboxylic acids is 1. The Morgan fingerprint density at radius 2 is 1.95 bits per heavy atom. The van der Waals surface area contributed by atoms with Crippen molar-refractivity contribution in [3.8, 4) is 0 Å². The predicted octanol–water partition coefficient (Wildman–Crippen LogP) is 3.87. The lowest BCUT2D eigenvalue weighted by atomic mass is 9.93. The van der Waals surface area contributed by atoms with Gasteiger partial charge in [-0.15, -0.1) is 13.2 Å². The topological polar surface area (TPSA) is 20.3 Å². The van der Waals surface area contributed by atoms with Crippen molar-refractivity contribution >= 4 is 5.91 Å². The first-order chi connectivity index (χ1) is 9.76. The van der Waals surface area contributed by atoms with Crippen LogP contribution in [0.15, 0.2) is 67.3 Å². The average molecular weight is 267 g/mol. The summed E-state index contributed by atoms with van der Waals surface area (Å²) >= 11 is 0. The Morgan fingerprint density at radius 1 is 1.20 bits per heavy atom. The quantitative estimate of drug-likeness (QED) is 0.717. The van der Waals surface area contributed by atoms with Crippen LogP contribution in [-0.4, -0.2) is 16.8 Å². The number of rotatable bonds is 6. The number of allylic oxidation sites excluding steroid dienone is 1. The van der Waals surface area contributed by atoms with Gasteiger partial charge in [-0.05, 0) is 24.0 Å². The van der Waals surface area contributed by atoms with Gasteiger partial charge >= 0.3 is 0 Å². The van der Waals surface area contributed by atoms with Crippen molar-refractivity contribution in [1.29, 1.82) is 0 Å². The lowest BCUT2D eigenvalue weighted by molar-refractivity contribution is -0.133. The normalized spacial score (nSPS) is 18.6. The minimum absolute atomic E-state index is 0.118. The van der Waals surface area contributed by atoms with Gasteiger partial charge in [0.2, 0.25) is 5.91 Å². The van der Waals surface area contributed by atoms with Crippen molar-refractivity contribution in [2.45, 2.75) is 31.8 Å². The van der Waals surface area contributed by atoms with Crippen molar-refractivity contribution in [2.24, 2.45) is 0 Å². The third kappa shape index (κ3) is 3.27. The Morgan fingerprint density at radius 3 is 2.60 bits per heavy atom. The summed E-state index contributed by atoms with van der Waals surface area (Å²) in [5.41, 5.74) is 2.44. The highest BCUT2D eigenvalue weighted by molar-refractivity contribution is 5.80. The lowest BCUT2D eigenvalue weighted by Crippen LogP contribution is -2.43. The molecule has 0 saturated heterocycles. The predicted molar refractivity (Wildman–Crippen MR) is 83.1 cm³/mol. The molecule has 2 rings (SSSR count). The van der Waals surface area contributed by atoms with Gasteiger partial charge in [0.15, 0.2) is 0 Å². The molecule has 104 valence electrons. The molecule has 1 aliphatic rings. The van der Waals surface area contributed by atoms with Gasteiger partial charge in [-0.2, -0.15) is 0 Å². The maximum Gasteiger partial charge on any atom is 0.227 e. The third-order valence-electron chi connectivity index (χ3n) is 3.63. The highest BCUT2D eigenvalue weighted by Gasteiger charge is 2.28. The van der Waals surface area contributed by atoms with E-state index in [9.17, 15) is 4.79 Å². The van der Waals surface area contributed by atoms with Crippen LogP contribution in [0.25, 0.3) is 0 Å². The molecule has 1 amide bonds. The van der Waals surface area contributed by atoms with Gasteiger partial charge in [0.1, 0.15) is 0 Å². The van der Waals surface area contributed by atoms with Crippen molar-refractivity contribution in [1.82, 2.24) is 4.90 Å². The molecule has 1 unspecified atom stereocenters. The molecule has 0 saturated carbocycles. The summed E-state index contributed by atoms with van der Waals surface area (Å²) in [6.45, 7) is 8.29. The fraction of sp³-hybridized carbons (Fsp3) is 0.278. The second-order valence-corrected chi connectivity index (χ2v) is 5.02. The van der Waals surface area contributed by atoms with Gasteiger partial charge in [-0.25, -0.2) is 0 Å². The standard InChI is InChI=1S/C18H21NO/c1-3-8-16-12-13-18(20)19(17(16)9-4-2)14-15-10-6-5-7-11-15/h3-7,10-12,17H,1-2,8-9,13-14H2. The summed E-state index contributed by atoms with van der Waals surface area (Å²) in [6, 6.07) is 10.2. The second kappa shape index (κ2) is 6.90. The van der Waals surface area contributed by atoms with Crippen LogP contribution in [0.4, 0.5) is 0 Å². The van der Waals surface area contributed by atoms with Crippen LogP contribution in [0.3, 0.4) is 0 Å². The summed E-state index contributed by atoms with van der Waals surface area (Å²) in [4.78, 5) is 14.2. The molecule has 0 aromatic heterocycles. The van der Waals surface area contributed by atoms with Gasteiger partial charge in [0, 0.05) is 13.0 Å². The van der Waals surface area contributed by atoms with E-state index in [0.717, 1.165) is 18.4 Å². The molecule has 1 heterocycles. The molecule has 0 spiro atoms. The Kier molecular flexibility index (Phi) is 4.94. The maximum absolute atomic E-state index is 12.3. The van der Waals surface area contributed by atoms with Crippen LogP contribution in [0.5, 0.6) is 0 Å². The summed E-state index contributed by atoms with van der Waals surface area (Å²) in [7, 11) is 0. The molecule has 0 radical (unpaired) electrons. The minimum atomic E-state index is 0.118. The fourth-order valence-corrected chi connectivity index (χ4v) is 2.65. The van der Waals surface area contributed by atoms with Gasteiger partial charge in [0.05, 0.1) is 6.04 Å². The summed E-state index contributed by atoms with van der Waals surface area (Å²) in [6.07, 6.45) is 7.95. The Bertz CT molecular complexity index is 515. The highest BCUT2D eigenvalue weighted by atomic mass is 16.2. The first kappa shape index (κ1) is 14.3. The largest absolute Gasteiger partial charge is 0.331 e. The van der Waals surface area contributed by atoms with E-state index in [1.54, 1.807) is 0 Å². The van der Waals surface area contributed by atoms with E-state index < -0.39 is 0 Å². The Balaban J connectivity index is 2.23. The zero-order chi connectivity index (χ0) is 14.4. The van der Waals surface area contributed by atoms with Crippen LogP contribution < -0.4 is 0 Å². The molecule has 2 nitrogen and oxygen atoms in total. The van der Waals surface area contributed by atoms with E-state index >= 15 is 0 Å². The summed E-state index contributed by atoms with van der Waals surface area (Å²) < 4.78 is 0. The average Bonchev–Trinajstić information content (AvgIpc) is 2.47. The maximum atomic E-state index is 12.3. The lowest BCUT2D eigenvalue weighted by Gasteiger charge is -2.36. The third-order valence-corrected chi connectivity index (χ3v) is 3.63. The first-order valence-electron chi connectivity index (χ1n) is 7.00. The Hall–Kier alpha value is -2.09. The highest BCUT2D eigenvalue weighted by Crippen LogP contribution is 2.26. The van der Waals surface area contributed by atoms with E-state index in [2.05, 4.69) is 31.4 Å². The molecule has 2 heteroatoms. The van der Waals surface area contributed by atoms with Crippen molar-refractivity contribution in [3.63, 3.8) is 0 Å². The first-order valence-corrected chi connectivity index (χ1v) is 7.00. The van der Waals surface area contributed by atoms with E-state index in [1.807, 2.05) is 35.3 Å². The van der Waals surface area contributed by atoms with Gasteiger partial charge in [-0.3, -0.25) is 4.79 Å². The molecule has 1 atom stereocenters. The molecule has 1 aliphatic heterocycles. The van der Waals surface area contributed by atoms with Crippen molar-refractivity contribution < 1.29 is 4.79 Å². The SMILES string of the molecule is C=CCC1=CCC(=O)N(Cc2ccccc2)C1CC=C. The van der Waals surface area contributed by atoms with Crippen LogP contribution in [0, 0.1) is 0 Å². The van der Waals surface area contributed by atoms with Crippen LogP contribution >= 0.6 is 0 Å². The number of hydrogen-bond acceptors (Lipinski definition) is 1. The van der Waals surface area contributed by atoms with Gasteiger partial charge in [0.25, 0.3) is 0 Å². The molecular formula is C18H21NO.